The first-order chi connectivity index (χ1) is 11.5. The predicted octanol–water partition coefficient (Wildman–Crippen LogP) is 3.45. The van der Waals surface area contributed by atoms with E-state index in [1.165, 1.54) is 4.68 Å². The molecule has 0 aliphatic heterocycles. The zero-order chi connectivity index (χ0) is 17.7. The summed E-state index contributed by atoms with van der Waals surface area (Å²) < 4.78 is 7.30. The van der Waals surface area contributed by atoms with Crippen LogP contribution >= 0.6 is 0 Å². The summed E-state index contributed by atoms with van der Waals surface area (Å²) in [6.45, 7) is 8.75. The Bertz CT molecular complexity index is 813. The second-order valence-electron chi connectivity index (χ2n) is 6.18. The van der Waals surface area contributed by atoms with Crippen molar-refractivity contribution in [1.29, 1.82) is 0 Å². The highest BCUT2D eigenvalue weighted by molar-refractivity contribution is 5.73. The fourth-order valence-corrected chi connectivity index (χ4v) is 2.70. The van der Waals surface area contributed by atoms with E-state index in [2.05, 4.69) is 24.9 Å². The Hall–Kier alpha value is -2.54. The van der Waals surface area contributed by atoms with Crippen LogP contribution in [0, 0.1) is 25.2 Å². The van der Waals surface area contributed by atoms with Crippen LogP contribution < -0.4 is 10.3 Å². The second kappa shape index (κ2) is 7.83. The molecule has 0 amide bonds. The zero-order valence-corrected chi connectivity index (χ0v) is 14.8. The molecule has 0 saturated heterocycles. The standard InChI is InChI=1S/C20H24N2O2/c1-6-12-24-19-17(13-14(3)4)21-22(7-2)20(23)18(19)16-11-9-8-10-15(16)5/h1,8-11,14H,7,12-13H2,2-5H3. The molecular formula is C20H24N2O2. The zero-order valence-electron chi connectivity index (χ0n) is 14.8. The molecule has 0 fully saturated rings. The highest BCUT2D eigenvalue weighted by Gasteiger charge is 2.21. The lowest BCUT2D eigenvalue weighted by molar-refractivity contribution is 0.357. The number of aryl methyl sites for hydroxylation is 2. The van der Waals surface area contributed by atoms with Crippen molar-refractivity contribution in [3.63, 3.8) is 0 Å². The van der Waals surface area contributed by atoms with Crippen LogP contribution in [0.15, 0.2) is 29.1 Å². The lowest BCUT2D eigenvalue weighted by Crippen LogP contribution is -2.27. The number of hydrogen-bond donors (Lipinski definition) is 0. The third-order valence-electron chi connectivity index (χ3n) is 3.79. The largest absolute Gasteiger partial charge is 0.478 e. The van der Waals surface area contributed by atoms with Gasteiger partial charge in [0.05, 0.1) is 5.56 Å². The summed E-state index contributed by atoms with van der Waals surface area (Å²) in [6.07, 6.45) is 6.08. The Kier molecular flexibility index (Phi) is 5.81. The van der Waals surface area contributed by atoms with E-state index in [-0.39, 0.29) is 12.2 Å². The summed E-state index contributed by atoms with van der Waals surface area (Å²) >= 11 is 0. The highest BCUT2D eigenvalue weighted by Crippen LogP contribution is 2.32. The number of ether oxygens (including phenoxy) is 1. The molecule has 1 aromatic heterocycles. The number of terminal acetylenes is 1. The molecule has 1 aromatic carbocycles. The Labute approximate surface area is 143 Å². The lowest BCUT2D eigenvalue weighted by Gasteiger charge is -2.18. The number of benzene rings is 1. The third-order valence-corrected chi connectivity index (χ3v) is 3.79. The fraction of sp³-hybridized carbons (Fsp3) is 0.400. The SMILES string of the molecule is C#CCOc1c(CC(C)C)nn(CC)c(=O)c1-c1ccccc1C. The molecule has 0 saturated carbocycles. The van der Waals surface area contributed by atoms with E-state index in [9.17, 15) is 4.79 Å². The maximum Gasteiger partial charge on any atom is 0.278 e. The molecule has 4 heteroatoms. The molecule has 0 aliphatic rings. The van der Waals surface area contributed by atoms with E-state index in [1.807, 2.05) is 38.1 Å². The first-order valence-corrected chi connectivity index (χ1v) is 8.25. The van der Waals surface area contributed by atoms with Crippen molar-refractivity contribution < 1.29 is 4.74 Å². The molecule has 24 heavy (non-hydrogen) atoms. The Morgan fingerprint density at radius 2 is 2.04 bits per heavy atom. The fourth-order valence-electron chi connectivity index (χ4n) is 2.70. The van der Waals surface area contributed by atoms with E-state index in [4.69, 9.17) is 11.2 Å². The van der Waals surface area contributed by atoms with Gasteiger partial charge in [-0.1, -0.05) is 44.0 Å². The van der Waals surface area contributed by atoms with E-state index < -0.39 is 0 Å². The van der Waals surface area contributed by atoms with Gasteiger partial charge in [-0.05, 0) is 37.3 Å². The molecule has 1 heterocycles. The van der Waals surface area contributed by atoms with Gasteiger partial charge in [0.15, 0.2) is 5.75 Å². The van der Waals surface area contributed by atoms with Crippen molar-refractivity contribution in [3.05, 3.63) is 45.9 Å². The number of rotatable bonds is 6. The maximum atomic E-state index is 12.9. The van der Waals surface area contributed by atoms with Gasteiger partial charge in [-0.2, -0.15) is 5.10 Å². The van der Waals surface area contributed by atoms with Gasteiger partial charge < -0.3 is 4.74 Å². The second-order valence-corrected chi connectivity index (χ2v) is 6.18. The first kappa shape index (κ1) is 17.8. The molecule has 0 aliphatic carbocycles. The van der Waals surface area contributed by atoms with Crippen LogP contribution in [0.5, 0.6) is 5.75 Å². The summed E-state index contributed by atoms with van der Waals surface area (Å²) in [6, 6.07) is 7.80. The molecule has 4 nitrogen and oxygen atoms in total. The monoisotopic (exact) mass is 324 g/mol. The van der Waals surface area contributed by atoms with Gasteiger partial charge in [-0.25, -0.2) is 4.68 Å². The van der Waals surface area contributed by atoms with Crippen molar-refractivity contribution in [1.82, 2.24) is 9.78 Å². The van der Waals surface area contributed by atoms with Crippen LogP contribution in [-0.4, -0.2) is 16.4 Å². The van der Waals surface area contributed by atoms with Gasteiger partial charge >= 0.3 is 0 Å². The van der Waals surface area contributed by atoms with E-state index >= 15 is 0 Å². The number of nitrogens with zero attached hydrogens (tertiary/aromatic N) is 2. The van der Waals surface area contributed by atoms with E-state index in [0.717, 1.165) is 23.2 Å². The van der Waals surface area contributed by atoms with Crippen LogP contribution in [0.3, 0.4) is 0 Å². The predicted molar refractivity (Wildman–Crippen MR) is 97.2 cm³/mol. The van der Waals surface area contributed by atoms with Gasteiger partial charge in [-0.3, -0.25) is 4.79 Å². The van der Waals surface area contributed by atoms with Crippen molar-refractivity contribution in [2.24, 2.45) is 5.92 Å². The van der Waals surface area contributed by atoms with Gasteiger partial charge in [0.1, 0.15) is 12.3 Å². The molecule has 0 spiro atoms. The van der Waals surface area contributed by atoms with Crippen LogP contribution in [-0.2, 0) is 13.0 Å². The number of hydrogen-bond acceptors (Lipinski definition) is 3. The van der Waals surface area contributed by atoms with Gasteiger partial charge in [0.25, 0.3) is 5.56 Å². The minimum absolute atomic E-state index is 0.112. The molecule has 2 aromatic rings. The van der Waals surface area contributed by atoms with Crippen molar-refractivity contribution in [2.45, 2.75) is 40.7 Å². The van der Waals surface area contributed by atoms with Crippen molar-refractivity contribution in [2.75, 3.05) is 6.61 Å². The van der Waals surface area contributed by atoms with Gasteiger partial charge in [0, 0.05) is 6.54 Å². The molecule has 126 valence electrons. The van der Waals surface area contributed by atoms with Crippen LogP contribution in [0.4, 0.5) is 0 Å². The minimum atomic E-state index is -0.147. The van der Waals surface area contributed by atoms with Crippen LogP contribution in [0.25, 0.3) is 11.1 Å². The van der Waals surface area contributed by atoms with Crippen LogP contribution in [0.1, 0.15) is 32.0 Å². The number of aromatic nitrogens is 2. The van der Waals surface area contributed by atoms with Crippen LogP contribution in [0.2, 0.25) is 0 Å². The summed E-state index contributed by atoms with van der Waals surface area (Å²) in [7, 11) is 0. The smallest absolute Gasteiger partial charge is 0.278 e. The topological polar surface area (TPSA) is 44.1 Å². The highest BCUT2D eigenvalue weighted by atomic mass is 16.5. The Balaban J connectivity index is 2.80. The summed E-state index contributed by atoms with van der Waals surface area (Å²) in [5.74, 6) is 3.39. The minimum Gasteiger partial charge on any atom is -0.478 e. The average Bonchev–Trinajstić information content (AvgIpc) is 2.55. The quantitative estimate of drug-likeness (QED) is 0.765. The molecule has 0 radical (unpaired) electrons. The molecule has 2 rings (SSSR count). The molecule has 0 unspecified atom stereocenters. The molecule has 0 N–H and O–H groups in total. The summed E-state index contributed by atoms with van der Waals surface area (Å²) in [5.41, 5.74) is 3.07. The Morgan fingerprint density at radius 1 is 1.33 bits per heavy atom. The summed E-state index contributed by atoms with van der Waals surface area (Å²) in [5, 5.41) is 4.51. The van der Waals surface area contributed by atoms with Crippen molar-refractivity contribution in [3.8, 4) is 29.2 Å². The lowest BCUT2D eigenvalue weighted by atomic mass is 9.98. The third kappa shape index (κ3) is 3.68. The molecule has 0 bridgehead atoms. The average molecular weight is 324 g/mol. The summed E-state index contributed by atoms with van der Waals surface area (Å²) in [4.78, 5) is 12.9. The first-order valence-electron chi connectivity index (χ1n) is 8.25. The van der Waals surface area contributed by atoms with Gasteiger partial charge in [-0.15, -0.1) is 6.42 Å². The van der Waals surface area contributed by atoms with Gasteiger partial charge in [0.2, 0.25) is 0 Å². The normalized spacial score (nSPS) is 10.7. The Morgan fingerprint density at radius 3 is 2.62 bits per heavy atom. The van der Waals surface area contributed by atoms with E-state index in [0.29, 0.717) is 23.8 Å². The molecular weight excluding hydrogens is 300 g/mol. The maximum absolute atomic E-state index is 12.9. The molecule has 0 atom stereocenters. The van der Waals surface area contributed by atoms with E-state index in [1.54, 1.807) is 0 Å². The van der Waals surface area contributed by atoms with Crippen molar-refractivity contribution >= 4 is 0 Å².